The van der Waals surface area contributed by atoms with Gasteiger partial charge in [0.05, 0.1) is 26.4 Å². The quantitative estimate of drug-likeness (QED) is 0.0169. The molecular formula is C91H148O17P2. The van der Waals surface area contributed by atoms with E-state index in [1.807, 2.05) is 36.5 Å². The maximum atomic E-state index is 13.1. The van der Waals surface area contributed by atoms with Crippen molar-refractivity contribution < 1.29 is 80.2 Å². The van der Waals surface area contributed by atoms with Crippen molar-refractivity contribution in [3.05, 3.63) is 182 Å². The number of phosphoric acid groups is 2. The standard InChI is InChI=1S/C91H148O17P2/c1-5-9-13-17-21-25-29-33-36-39-42-45-48-52-56-60-64-68-72-76-89(94)102-82-87(108-91(96)78-74-70-66-62-58-54-50-47-44-41-38-35-31-27-23-19-15-11-7-3)84-106-110(99,100)104-80-85(92)79-103-109(97,98)105-83-86(81-101-88(93)75-71-67-63-59-55-51-32-28-24-20-16-12-8-4)107-90(95)77-73-69-65-61-57-53-49-46-43-40-37-34-30-26-22-18-14-10-6-2/h11,15,21-23,25-27,33-38,42-47,52-54,56-58,64-65,68-69,85-87,92H,5-10,12-14,16-20,24,28-32,39-41,48-51,55,59-63,66-67,70-84H2,1-4H3,(H,97,98)(H,99,100)/b15-11-,25-21-,26-22-,27-23-,36-33-,37-34-,38-35-,45-42-,46-43-,47-44-,56-52-,57-53-,58-54-,68-64-,69-65-/t85-,86+,87+/m0/s1. The van der Waals surface area contributed by atoms with E-state index >= 15 is 0 Å². The molecule has 0 saturated carbocycles. The summed E-state index contributed by atoms with van der Waals surface area (Å²) in [6, 6.07) is 0. The minimum atomic E-state index is -5.02. The third-order valence-electron chi connectivity index (χ3n) is 16.9. The zero-order valence-corrected chi connectivity index (χ0v) is 70.1. The Bertz CT molecular complexity index is 2800. The molecule has 2 unspecified atom stereocenters. The predicted molar refractivity (Wildman–Crippen MR) is 454 cm³/mol. The lowest BCUT2D eigenvalue weighted by Gasteiger charge is -2.21. The van der Waals surface area contributed by atoms with Gasteiger partial charge >= 0.3 is 39.5 Å². The predicted octanol–water partition coefficient (Wildman–Crippen LogP) is 25.1. The van der Waals surface area contributed by atoms with Crippen LogP contribution in [0.4, 0.5) is 0 Å². The summed E-state index contributed by atoms with van der Waals surface area (Å²) in [7, 11) is -10.0. The largest absolute Gasteiger partial charge is 0.472 e. The molecule has 3 N–H and O–H groups in total. The molecular weight excluding hydrogens is 1430 g/mol. The molecule has 0 bridgehead atoms. The topological polar surface area (TPSA) is 237 Å². The number of carbonyl (C=O) groups is 4. The molecule has 17 nitrogen and oxygen atoms in total. The number of aliphatic hydroxyl groups excluding tert-OH is 1. The van der Waals surface area contributed by atoms with Crippen molar-refractivity contribution in [3.8, 4) is 0 Å². The Morgan fingerprint density at radius 3 is 0.818 bits per heavy atom. The first-order chi connectivity index (χ1) is 53.7. The molecule has 0 aliphatic rings. The van der Waals surface area contributed by atoms with Crippen LogP contribution in [0.5, 0.6) is 0 Å². The Morgan fingerprint density at radius 2 is 0.491 bits per heavy atom. The Balaban J connectivity index is 5.55. The highest BCUT2D eigenvalue weighted by Crippen LogP contribution is 2.45. The summed E-state index contributed by atoms with van der Waals surface area (Å²) < 4.78 is 68.5. The van der Waals surface area contributed by atoms with Gasteiger partial charge in [-0.05, 0) is 148 Å². The SMILES string of the molecule is CC/C=C\C/C=C\C/C=C\C/C=C\C/C=C\CCCCCC(=O)O[C@H](COC(=O)CC/C=C\C/C=C\C/C=C\C/C=C\C/C=C\CCCCC)COP(=O)(O)OC[C@@H](O)COP(=O)(O)OC[C@@H](COC(=O)CCCCCCCCCCCCCCC)OC(=O)CC/C=C\C/C=C\C/C=C\C/C=C\C/C=C\CCCCC. The van der Waals surface area contributed by atoms with Crippen molar-refractivity contribution in [2.45, 2.75) is 329 Å². The van der Waals surface area contributed by atoms with Gasteiger partial charge in [-0.3, -0.25) is 37.3 Å². The monoisotopic (exact) mass is 1580 g/mol. The minimum Gasteiger partial charge on any atom is -0.462 e. The second-order valence-corrected chi connectivity index (χ2v) is 30.2. The van der Waals surface area contributed by atoms with Crippen molar-refractivity contribution in [1.82, 2.24) is 0 Å². The smallest absolute Gasteiger partial charge is 0.462 e. The van der Waals surface area contributed by atoms with E-state index in [9.17, 15) is 43.2 Å². The first kappa shape index (κ1) is 104. The number of hydrogen-bond donors (Lipinski definition) is 3. The van der Waals surface area contributed by atoms with E-state index in [0.29, 0.717) is 38.5 Å². The highest BCUT2D eigenvalue weighted by molar-refractivity contribution is 7.47. The van der Waals surface area contributed by atoms with Crippen LogP contribution in [0.3, 0.4) is 0 Å². The van der Waals surface area contributed by atoms with Crippen LogP contribution in [-0.2, 0) is 65.4 Å². The molecule has 0 aromatic heterocycles. The van der Waals surface area contributed by atoms with E-state index in [-0.39, 0.29) is 25.7 Å². The van der Waals surface area contributed by atoms with Crippen LogP contribution >= 0.6 is 15.6 Å². The van der Waals surface area contributed by atoms with Crippen LogP contribution in [0, 0.1) is 0 Å². The first-order valence-corrected chi connectivity index (χ1v) is 45.0. The number of carbonyl (C=O) groups excluding carboxylic acids is 4. The van der Waals surface area contributed by atoms with Gasteiger partial charge < -0.3 is 33.8 Å². The number of allylic oxidation sites excluding steroid dienone is 30. The van der Waals surface area contributed by atoms with Crippen molar-refractivity contribution in [1.29, 1.82) is 0 Å². The average molecular weight is 1580 g/mol. The van der Waals surface area contributed by atoms with Crippen molar-refractivity contribution in [2.75, 3.05) is 39.6 Å². The Hall–Kier alpha value is -5.84. The summed E-state index contributed by atoms with van der Waals surface area (Å²) in [5, 5.41) is 10.7. The number of aliphatic hydroxyl groups is 1. The summed E-state index contributed by atoms with van der Waals surface area (Å²) in [6.45, 7) is 4.50. The van der Waals surface area contributed by atoms with E-state index in [4.69, 9.17) is 37.0 Å². The highest BCUT2D eigenvalue weighted by Gasteiger charge is 2.30. The molecule has 0 fully saturated rings. The number of phosphoric ester groups is 2. The maximum absolute atomic E-state index is 13.1. The summed E-state index contributed by atoms with van der Waals surface area (Å²) in [4.78, 5) is 73.1. The zero-order chi connectivity index (χ0) is 80.3. The average Bonchev–Trinajstić information content (AvgIpc) is 0.905. The van der Waals surface area contributed by atoms with Gasteiger partial charge in [-0.1, -0.05) is 319 Å². The second-order valence-electron chi connectivity index (χ2n) is 27.3. The molecule has 0 heterocycles. The van der Waals surface area contributed by atoms with Crippen LogP contribution in [0.1, 0.15) is 310 Å². The number of unbranched alkanes of at least 4 members (excludes halogenated alkanes) is 21. The van der Waals surface area contributed by atoms with Gasteiger partial charge in [-0.15, -0.1) is 0 Å². The number of rotatable bonds is 77. The Labute approximate surface area is 666 Å². The number of ether oxygens (including phenoxy) is 4. The Kier molecular flexibility index (Phi) is 76.9. The van der Waals surface area contributed by atoms with Crippen molar-refractivity contribution in [3.63, 3.8) is 0 Å². The molecule has 5 atom stereocenters. The molecule has 19 heteroatoms. The molecule has 0 aliphatic heterocycles. The summed E-state index contributed by atoms with van der Waals surface area (Å²) in [6.07, 6.45) is 98.9. The van der Waals surface area contributed by atoms with Crippen LogP contribution < -0.4 is 0 Å². The summed E-state index contributed by atoms with van der Waals surface area (Å²) in [5.74, 6) is -2.41. The number of esters is 4. The summed E-state index contributed by atoms with van der Waals surface area (Å²) in [5.41, 5.74) is 0. The summed E-state index contributed by atoms with van der Waals surface area (Å²) >= 11 is 0. The second kappa shape index (κ2) is 81.2. The molecule has 0 spiro atoms. The fourth-order valence-corrected chi connectivity index (χ4v) is 12.1. The molecule has 0 aliphatic carbocycles. The fourth-order valence-electron chi connectivity index (χ4n) is 10.5. The zero-order valence-electron chi connectivity index (χ0n) is 68.4. The Morgan fingerprint density at radius 1 is 0.264 bits per heavy atom. The van der Waals surface area contributed by atoms with E-state index < -0.39 is 97.5 Å². The lowest BCUT2D eigenvalue weighted by molar-refractivity contribution is -0.161. The van der Waals surface area contributed by atoms with E-state index in [2.05, 4.69) is 174 Å². The van der Waals surface area contributed by atoms with Crippen LogP contribution in [0.25, 0.3) is 0 Å². The molecule has 0 saturated heterocycles. The normalized spacial score (nSPS) is 14.7. The lowest BCUT2D eigenvalue weighted by Crippen LogP contribution is -2.30. The van der Waals surface area contributed by atoms with Crippen LogP contribution in [-0.4, -0.2) is 96.7 Å². The third-order valence-corrected chi connectivity index (χ3v) is 18.8. The van der Waals surface area contributed by atoms with Crippen molar-refractivity contribution >= 4 is 39.5 Å². The number of hydrogen-bond acceptors (Lipinski definition) is 15. The van der Waals surface area contributed by atoms with E-state index in [1.54, 1.807) is 0 Å². The highest BCUT2D eigenvalue weighted by atomic mass is 31.2. The van der Waals surface area contributed by atoms with E-state index in [0.717, 1.165) is 128 Å². The van der Waals surface area contributed by atoms with Gasteiger partial charge in [0.15, 0.2) is 12.2 Å². The molecule has 0 radical (unpaired) electrons. The van der Waals surface area contributed by atoms with Gasteiger partial charge in [0.1, 0.15) is 19.3 Å². The molecule has 110 heavy (non-hydrogen) atoms. The van der Waals surface area contributed by atoms with Gasteiger partial charge in [0, 0.05) is 25.7 Å². The van der Waals surface area contributed by atoms with Crippen molar-refractivity contribution in [2.24, 2.45) is 0 Å². The molecule has 0 aromatic rings. The van der Waals surface area contributed by atoms with Gasteiger partial charge in [0.2, 0.25) is 0 Å². The van der Waals surface area contributed by atoms with E-state index in [1.165, 1.54) is 89.9 Å². The molecule has 0 amide bonds. The molecule has 624 valence electrons. The van der Waals surface area contributed by atoms with Gasteiger partial charge in [0.25, 0.3) is 0 Å². The first-order valence-electron chi connectivity index (χ1n) is 42.0. The fraction of sp³-hybridized carbons (Fsp3) is 0.626. The molecule has 0 rings (SSSR count). The molecule has 0 aromatic carbocycles. The van der Waals surface area contributed by atoms with Gasteiger partial charge in [-0.25, -0.2) is 9.13 Å². The maximum Gasteiger partial charge on any atom is 0.472 e. The van der Waals surface area contributed by atoms with Gasteiger partial charge in [-0.2, -0.15) is 0 Å². The third kappa shape index (κ3) is 80.2. The lowest BCUT2D eigenvalue weighted by atomic mass is 10.0. The van der Waals surface area contributed by atoms with Crippen LogP contribution in [0.2, 0.25) is 0 Å². The van der Waals surface area contributed by atoms with Crippen LogP contribution in [0.15, 0.2) is 182 Å². The minimum absolute atomic E-state index is 0.0218.